The van der Waals surface area contributed by atoms with Crippen molar-refractivity contribution in [3.63, 3.8) is 0 Å². The Morgan fingerprint density at radius 2 is 2.15 bits per heavy atom. The third-order valence-corrected chi connectivity index (χ3v) is 5.25. The Hall–Kier alpha value is -1.08. The maximum atomic E-state index is 12.7. The number of benzene rings is 1. The van der Waals surface area contributed by atoms with Crippen molar-refractivity contribution >= 4 is 21.6 Å². The summed E-state index contributed by atoms with van der Waals surface area (Å²) < 4.78 is 32.0. The first-order valence-corrected chi connectivity index (χ1v) is 8.04. The van der Waals surface area contributed by atoms with E-state index in [1.54, 1.807) is 6.07 Å². The topological polar surface area (TPSA) is 72.6 Å². The molecule has 2 rings (SSSR count). The van der Waals surface area contributed by atoms with Crippen LogP contribution in [0.4, 0.5) is 0 Å². The second-order valence-electron chi connectivity index (χ2n) is 4.42. The molecule has 5 nitrogen and oxygen atoms in total. The Kier molecular flexibility index (Phi) is 4.70. The van der Waals surface area contributed by atoms with Crippen LogP contribution in [0.5, 0.6) is 5.75 Å². The molecule has 0 fully saturated rings. The van der Waals surface area contributed by atoms with Crippen molar-refractivity contribution in [2.75, 3.05) is 20.2 Å². The van der Waals surface area contributed by atoms with Gasteiger partial charge in [-0.2, -0.15) is 4.31 Å². The summed E-state index contributed by atoms with van der Waals surface area (Å²) in [5.41, 5.74) is 6.20. The molecule has 1 aromatic rings. The molecule has 0 saturated carbocycles. The van der Waals surface area contributed by atoms with E-state index in [4.69, 9.17) is 22.1 Å². The first kappa shape index (κ1) is 15.3. The highest BCUT2D eigenvalue weighted by Gasteiger charge is 2.29. The molecule has 2 N–H and O–H groups in total. The zero-order chi connectivity index (χ0) is 14.8. The van der Waals surface area contributed by atoms with E-state index >= 15 is 0 Å². The molecule has 1 aliphatic rings. The highest BCUT2D eigenvalue weighted by atomic mass is 35.5. The standard InChI is InChI=1S/C13H17ClN2O3S/c1-19-13-10(9-15)7-11(14)8-12(13)20(17,18)16-5-3-2-4-6-16/h2-3,7-8H,4-6,9,15H2,1H3. The van der Waals surface area contributed by atoms with Crippen molar-refractivity contribution in [2.24, 2.45) is 5.73 Å². The van der Waals surface area contributed by atoms with Crippen molar-refractivity contribution < 1.29 is 13.2 Å². The maximum Gasteiger partial charge on any atom is 0.247 e. The summed E-state index contributed by atoms with van der Waals surface area (Å²) in [5.74, 6) is 0.270. The first-order valence-electron chi connectivity index (χ1n) is 6.22. The molecular formula is C13H17ClN2O3S. The van der Waals surface area contributed by atoms with Crippen molar-refractivity contribution in [1.29, 1.82) is 0 Å². The minimum atomic E-state index is -3.64. The molecule has 1 aliphatic heterocycles. The molecule has 0 amide bonds. The smallest absolute Gasteiger partial charge is 0.247 e. The van der Waals surface area contributed by atoms with Crippen molar-refractivity contribution in [3.05, 3.63) is 34.9 Å². The fourth-order valence-electron chi connectivity index (χ4n) is 2.17. The number of halogens is 1. The third-order valence-electron chi connectivity index (χ3n) is 3.16. The zero-order valence-corrected chi connectivity index (χ0v) is 12.7. The molecule has 0 spiro atoms. The van der Waals surface area contributed by atoms with Crippen LogP contribution in [0, 0.1) is 0 Å². The van der Waals surface area contributed by atoms with Crippen LogP contribution in [0.2, 0.25) is 5.02 Å². The summed E-state index contributed by atoms with van der Waals surface area (Å²) >= 11 is 5.99. The lowest BCUT2D eigenvalue weighted by molar-refractivity contribution is 0.390. The molecule has 7 heteroatoms. The lowest BCUT2D eigenvalue weighted by atomic mass is 10.2. The Morgan fingerprint density at radius 3 is 2.70 bits per heavy atom. The van der Waals surface area contributed by atoms with E-state index in [-0.39, 0.29) is 17.2 Å². The third kappa shape index (κ3) is 2.83. The number of hydrogen-bond acceptors (Lipinski definition) is 4. The number of rotatable bonds is 4. The molecule has 1 heterocycles. The van der Waals surface area contributed by atoms with E-state index in [0.29, 0.717) is 30.1 Å². The number of methoxy groups -OCH3 is 1. The second kappa shape index (κ2) is 6.13. The van der Waals surface area contributed by atoms with Crippen LogP contribution in [-0.2, 0) is 16.6 Å². The van der Waals surface area contributed by atoms with Crippen molar-refractivity contribution in [2.45, 2.75) is 17.9 Å². The molecule has 0 radical (unpaired) electrons. The molecule has 0 atom stereocenters. The largest absolute Gasteiger partial charge is 0.495 e. The van der Waals surface area contributed by atoms with E-state index in [0.717, 1.165) is 0 Å². The van der Waals surface area contributed by atoms with Gasteiger partial charge in [-0.3, -0.25) is 0 Å². The second-order valence-corrected chi connectivity index (χ2v) is 6.77. The Morgan fingerprint density at radius 1 is 1.40 bits per heavy atom. The molecule has 0 saturated heterocycles. The van der Waals surface area contributed by atoms with Crippen LogP contribution in [0.25, 0.3) is 0 Å². The van der Waals surface area contributed by atoms with E-state index in [9.17, 15) is 8.42 Å². The molecule has 0 unspecified atom stereocenters. The minimum Gasteiger partial charge on any atom is -0.495 e. The quantitative estimate of drug-likeness (QED) is 0.859. The molecule has 0 aliphatic carbocycles. The van der Waals surface area contributed by atoms with Gasteiger partial charge in [0, 0.05) is 30.2 Å². The normalized spacial score (nSPS) is 16.4. The summed E-state index contributed by atoms with van der Waals surface area (Å²) in [4.78, 5) is 0.0725. The predicted molar refractivity (Wildman–Crippen MR) is 78.4 cm³/mol. The number of ether oxygens (including phenoxy) is 1. The lowest BCUT2D eigenvalue weighted by Gasteiger charge is -2.24. The maximum absolute atomic E-state index is 12.7. The summed E-state index contributed by atoms with van der Waals surface area (Å²) in [6.07, 6.45) is 4.50. The van der Waals surface area contributed by atoms with Crippen molar-refractivity contribution in [3.8, 4) is 5.75 Å². The van der Waals surface area contributed by atoms with Crippen molar-refractivity contribution in [1.82, 2.24) is 4.31 Å². The average Bonchev–Trinajstić information content (AvgIpc) is 2.47. The summed E-state index contributed by atoms with van der Waals surface area (Å²) in [7, 11) is -2.21. The van der Waals surface area contributed by atoms with E-state index in [1.165, 1.54) is 17.5 Å². The Balaban J connectivity index is 2.55. The van der Waals surface area contributed by atoms with Gasteiger partial charge in [-0.05, 0) is 18.6 Å². The summed E-state index contributed by atoms with van der Waals surface area (Å²) in [5, 5.41) is 0.331. The van der Waals surface area contributed by atoms with Crippen LogP contribution in [0.15, 0.2) is 29.2 Å². The molecular weight excluding hydrogens is 300 g/mol. The van der Waals surface area contributed by atoms with Gasteiger partial charge in [-0.1, -0.05) is 23.8 Å². The average molecular weight is 317 g/mol. The highest BCUT2D eigenvalue weighted by Crippen LogP contribution is 2.33. The SMILES string of the molecule is COc1c(CN)cc(Cl)cc1S(=O)(=O)N1CC=CCC1. The van der Waals surface area contributed by atoms with Crippen LogP contribution in [0.1, 0.15) is 12.0 Å². The van der Waals surface area contributed by atoms with Gasteiger partial charge in [0.1, 0.15) is 10.6 Å². The Labute approximate surface area is 124 Å². The van der Waals surface area contributed by atoms with Gasteiger partial charge >= 0.3 is 0 Å². The van der Waals surface area contributed by atoms with Gasteiger partial charge in [0.15, 0.2) is 0 Å². The first-order chi connectivity index (χ1) is 9.50. The van der Waals surface area contributed by atoms with Gasteiger partial charge in [0.25, 0.3) is 0 Å². The van der Waals surface area contributed by atoms with Gasteiger partial charge < -0.3 is 10.5 Å². The molecule has 110 valence electrons. The monoisotopic (exact) mass is 316 g/mol. The van der Waals surface area contributed by atoms with Crippen LogP contribution in [-0.4, -0.2) is 32.9 Å². The Bertz CT molecular complexity index is 629. The summed E-state index contributed by atoms with van der Waals surface area (Å²) in [6.45, 7) is 0.967. The number of sulfonamides is 1. The fraction of sp³-hybridized carbons (Fsp3) is 0.385. The van der Waals surface area contributed by atoms with E-state index in [1.807, 2.05) is 12.2 Å². The fourth-order valence-corrected chi connectivity index (χ4v) is 4.11. The van der Waals surface area contributed by atoms with Gasteiger partial charge in [-0.15, -0.1) is 0 Å². The molecule has 0 aromatic heterocycles. The van der Waals surface area contributed by atoms with Crippen LogP contribution < -0.4 is 10.5 Å². The van der Waals surface area contributed by atoms with Crippen LogP contribution in [0.3, 0.4) is 0 Å². The lowest BCUT2D eigenvalue weighted by Crippen LogP contribution is -2.34. The number of nitrogens with zero attached hydrogens (tertiary/aromatic N) is 1. The van der Waals surface area contributed by atoms with Crippen LogP contribution >= 0.6 is 11.6 Å². The zero-order valence-electron chi connectivity index (χ0n) is 11.2. The molecule has 20 heavy (non-hydrogen) atoms. The molecule has 0 bridgehead atoms. The van der Waals surface area contributed by atoms with Gasteiger partial charge in [0.05, 0.1) is 7.11 Å². The van der Waals surface area contributed by atoms with E-state index < -0.39 is 10.0 Å². The van der Waals surface area contributed by atoms with Gasteiger partial charge in [0.2, 0.25) is 10.0 Å². The van der Waals surface area contributed by atoms with E-state index in [2.05, 4.69) is 0 Å². The minimum absolute atomic E-state index is 0.0725. The predicted octanol–water partition coefficient (Wildman–Crippen LogP) is 1.76. The highest BCUT2D eigenvalue weighted by molar-refractivity contribution is 7.89. The number of nitrogens with two attached hydrogens (primary N) is 1. The number of hydrogen-bond donors (Lipinski definition) is 1. The molecule has 1 aromatic carbocycles. The van der Waals surface area contributed by atoms with Gasteiger partial charge in [-0.25, -0.2) is 8.42 Å². The summed E-state index contributed by atoms with van der Waals surface area (Å²) in [6, 6.07) is 3.03.